The minimum atomic E-state index is 0.597. The molecule has 0 radical (unpaired) electrons. The molecule has 2 fully saturated rings. The Kier molecular flexibility index (Phi) is 4.00. The molecule has 0 bridgehead atoms. The van der Waals surface area contributed by atoms with Gasteiger partial charge < -0.3 is 15.0 Å². The summed E-state index contributed by atoms with van der Waals surface area (Å²) in [5.74, 6) is 0.854. The van der Waals surface area contributed by atoms with Crippen LogP contribution >= 0.6 is 0 Å². The Bertz CT molecular complexity index is 198. The Hall–Kier alpha value is -0.120. The highest BCUT2D eigenvalue weighted by molar-refractivity contribution is 4.92. The van der Waals surface area contributed by atoms with Gasteiger partial charge in [-0.25, -0.2) is 0 Å². The van der Waals surface area contributed by atoms with Crippen molar-refractivity contribution >= 4 is 0 Å². The molecule has 2 aliphatic heterocycles. The van der Waals surface area contributed by atoms with Crippen LogP contribution in [0.5, 0.6) is 0 Å². The summed E-state index contributed by atoms with van der Waals surface area (Å²) in [7, 11) is 1.79. The number of hydrogen-bond donors (Lipinski definition) is 1. The number of likely N-dealkylation sites (tertiary alicyclic amines) is 1. The largest absolute Gasteiger partial charge is 0.383 e. The van der Waals surface area contributed by atoms with Crippen LogP contribution in [0.3, 0.4) is 0 Å². The topological polar surface area (TPSA) is 24.5 Å². The van der Waals surface area contributed by atoms with E-state index in [9.17, 15) is 0 Å². The van der Waals surface area contributed by atoms with Gasteiger partial charge in [0.05, 0.1) is 6.61 Å². The summed E-state index contributed by atoms with van der Waals surface area (Å²) < 4.78 is 5.21. The fourth-order valence-electron chi connectivity index (χ4n) is 3.25. The lowest BCUT2D eigenvalue weighted by Crippen LogP contribution is -2.36. The van der Waals surface area contributed by atoms with Crippen molar-refractivity contribution < 1.29 is 4.74 Å². The summed E-state index contributed by atoms with van der Waals surface area (Å²) in [5.41, 5.74) is 0. The lowest BCUT2D eigenvalue weighted by molar-refractivity contribution is 0.165. The number of nitrogens with zero attached hydrogens (tertiary/aromatic N) is 1. The van der Waals surface area contributed by atoms with Gasteiger partial charge in [0.1, 0.15) is 0 Å². The van der Waals surface area contributed by atoms with Crippen LogP contribution in [0.25, 0.3) is 0 Å². The highest BCUT2D eigenvalue weighted by atomic mass is 16.5. The van der Waals surface area contributed by atoms with E-state index in [1.165, 1.54) is 38.9 Å². The Balaban J connectivity index is 1.84. The van der Waals surface area contributed by atoms with E-state index >= 15 is 0 Å². The molecular formula is C12H24N2O. The van der Waals surface area contributed by atoms with Crippen LogP contribution < -0.4 is 5.32 Å². The Morgan fingerprint density at radius 2 is 2.33 bits per heavy atom. The average Bonchev–Trinajstić information content (AvgIpc) is 2.84. The molecule has 3 nitrogen and oxygen atoms in total. The van der Waals surface area contributed by atoms with E-state index < -0.39 is 0 Å². The van der Waals surface area contributed by atoms with E-state index in [-0.39, 0.29) is 0 Å². The summed E-state index contributed by atoms with van der Waals surface area (Å²) in [4.78, 5) is 2.65. The van der Waals surface area contributed by atoms with E-state index in [1.54, 1.807) is 7.11 Å². The normalized spacial score (nSPS) is 37.6. The molecule has 3 unspecified atom stereocenters. The molecule has 0 aromatic rings. The molecule has 0 amide bonds. The number of nitrogens with one attached hydrogen (secondary N) is 1. The third-order valence-electron chi connectivity index (χ3n) is 3.99. The molecule has 1 N–H and O–H groups in total. The van der Waals surface area contributed by atoms with Crippen LogP contribution in [-0.4, -0.2) is 50.3 Å². The van der Waals surface area contributed by atoms with Gasteiger partial charge in [-0.2, -0.15) is 0 Å². The van der Waals surface area contributed by atoms with Crippen molar-refractivity contribution in [1.29, 1.82) is 0 Å². The predicted molar refractivity (Wildman–Crippen MR) is 62.0 cm³/mol. The van der Waals surface area contributed by atoms with Crippen molar-refractivity contribution in [1.82, 2.24) is 10.2 Å². The van der Waals surface area contributed by atoms with Crippen LogP contribution in [0, 0.1) is 5.92 Å². The Labute approximate surface area is 93.2 Å². The van der Waals surface area contributed by atoms with Gasteiger partial charge in [0.25, 0.3) is 0 Å². The molecule has 0 spiro atoms. The van der Waals surface area contributed by atoms with Crippen LogP contribution in [0.15, 0.2) is 0 Å². The molecule has 88 valence electrons. The second-order valence-electron chi connectivity index (χ2n) is 4.89. The fraction of sp³-hybridized carbons (Fsp3) is 1.00. The van der Waals surface area contributed by atoms with E-state index in [2.05, 4.69) is 17.1 Å². The number of hydrogen-bond acceptors (Lipinski definition) is 3. The monoisotopic (exact) mass is 212 g/mol. The smallest absolute Gasteiger partial charge is 0.0615 e. The maximum atomic E-state index is 5.21. The highest BCUT2D eigenvalue weighted by Gasteiger charge is 2.35. The number of ether oxygens (including phenoxy) is 1. The van der Waals surface area contributed by atoms with Gasteiger partial charge >= 0.3 is 0 Å². The van der Waals surface area contributed by atoms with Crippen molar-refractivity contribution in [2.24, 2.45) is 5.92 Å². The third-order valence-corrected chi connectivity index (χ3v) is 3.99. The van der Waals surface area contributed by atoms with Crippen molar-refractivity contribution in [3.63, 3.8) is 0 Å². The summed E-state index contributed by atoms with van der Waals surface area (Å²) in [5, 5.41) is 3.58. The standard InChI is InChI=1S/C12H24N2O/c1-3-14-6-4-5-12(14)10-7-11(9-15-2)13-8-10/h10-13H,3-9H2,1-2H3. The molecule has 3 heteroatoms. The first-order chi connectivity index (χ1) is 7.35. The molecule has 2 heterocycles. The molecule has 0 aromatic carbocycles. The molecule has 15 heavy (non-hydrogen) atoms. The minimum Gasteiger partial charge on any atom is -0.383 e. The maximum Gasteiger partial charge on any atom is 0.0615 e. The molecule has 0 aromatic heterocycles. The zero-order valence-electron chi connectivity index (χ0n) is 10.0. The summed E-state index contributed by atoms with van der Waals surface area (Å²) in [6.07, 6.45) is 4.10. The quantitative estimate of drug-likeness (QED) is 0.755. The van der Waals surface area contributed by atoms with Crippen molar-refractivity contribution in [3.8, 4) is 0 Å². The van der Waals surface area contributed by atoms with Gasteiger partial charge in [0.15, 0.2) is 0 Å². The van der Waals surface area contributed by atoms with Crippen molar-refractivity contribution in [2.45, 2.75) is 38.3 Å². The van der Waals surface area contributed by atoms with Crippen molar-refractivity contribution in [2.75, 3.05) is 33.4 Å². The van der Waals surface area contributed by atoms with Crippen LogP contribution in [0.1, 0.15) is 26.2 Å². The number of rotatable bonds is 4. The van der Waals surface area contributed by atoms with E-state index in [1.807, 2.05) is 0 Å². The zero-order chi connectivity index (χ0) is 10.7. The van der Waals surface area contributed by atoms with Gasteiger partial charge in [0.2, 0.25) is 0 Å². The van der Waals surface area contributed by atoms with E-state index in [4.69, 9.17) is 4.74 Å². The Morgan fingerprint density at radius 1 is 1.47 bits per heavy atom. The van der Waals surface area contributed by atoms with Gasteiger partial charge in [0, 0.05) is 19.2 Å². The van der Waals surface area contributed by atoms with E-state index in [0.717, 1.165) is 18.6 Å². The van der Waals surface area contributed by atoms with Crippen LogP contribution in [0.2, 0.25) is 0 Å². The molecule has 3 atom stereocenters. The van der Waals surface area contributed by atoms with Gasteiger partial charge in [-0.05, 0) is 44.8 Å². The highest BCUT2D eigenvalue weighted by Crippen LogP contribution is 2.29. The van der Waals surface area contributed by atoms with Crippen LogP contribution in [0.4, 0.5) is 0 Å². The van der Waals surface area contributed by atoms with Gasteiger partial charge in [-0.3, -0.25) is 0 Å². The summed E-state index contributed by atoms with van der Waals surface area (Å²) in [6.45, 7) is 6.88. The fourth-order valence-corrected chi connectivity index (χ4v) is 3.25. The Morgan fingerprint density at radius 3 is 3.07 bits per heavy atom. The predicted octanol–water partition coefficient (Wildman–Crippen LogP) is 1.10. The molecule has 0 saturated carbocycles. The third kappa shape index (κ3) is 2.52. The molecular weight excluding hydrogens is 188 g/mol. The minimum absolute atomic E-state index is 0.597. The molecule has 0 aliphatic carbocycles. The first-order valence-corrected chi connectivity index (χ1v) is 6.31. The average molecular weight is 212 g/mol. The van der Waals surface area contributed by atoms with Gasteiger partial charge in [-0.15, -0.1) is 0 Å². The van der Waals surface area contributed by atoms with Gasteiger partial charge in [-0.1, -0.05) is 6.92 Å². The second kappa shape index (κ2) is 5.28. The SMILES string of the molecule is CCN1CCCC1C1CNC(COC)C1. The lowest BCUT2D eigenvalue weighted by Gasteiger charge is -2.27. The first kappa shape index (κ1) is 11.4. The van der Waals surface area contributed by atoms with Crippen LogP contribution in [-0.2, 0) is 4.74 Å². The molecule has 2 aliphatic rings. The molecule has 2 rings (SSSR count). The first-order valence-electron chi connectivity index (χ1n) is 6.31. The molecule has 2 saturated heterocycles. The van der Waals surface area contributed by atoms with E-state index in [0.29, 0.717) is 6.04 Å². The second-order valence-corrected chi connectivity index (χ2v) is 4.89. The maximum absolute atomic E-state index is 5.21. The summed E-state index contributed by atoms with van der Waals surface area (Å²) in [6, 6.07) is 1.43. The summed E-state index contributed by atoms with van der Waals surface area (Å²) >= 11 is 0. The lowest BCUT2D eigenvalue weighted by atomic mass is 9.95. The number of methoxy groups -OCH3 is 1. The zero-order valence-corrected chi connectivity index (χ0v) is 10.0. The van der Waals surface area contributed by atoms with Crippen molar-refractivity contribution in [3.05, 3.63) is 0 Å².